The Bertz CT molecular complexity index is 422. The van der Waals surface area contributed by atoms with Gasteiger partial charge in [-0.1, -0.05) is 18.9 Å². The number of hydrogen-bond acceptors (Lipinski definition) is 3. The van der Waals surface area contributed by atoms with Crippen molar-refractivity contribution < 1.29 is 19.0 Å². The second-order valence-electron chi connectivity index (χ2n) is 5.42. The van der Waals surface area contributed by atoms with Crippen molar-refractivity contribution in [3.05, 3.63) is 35.4 Å². The van der Waals surface area contributed by atoms with Crippen molar-refractivity contribution in [2.24, 2.45) is 5.92 Å². The highest BCUT2D eigenvalue weighted by Crippen LogP contribution is 2.24. The lowest BCUT2D eigenvalue weighted by molar-refractivity contribution is 0.0666. The minimum Gasteiger partial charge on any atom is -0.393 e. The van der Waals surface area contributed by atoms with Crippen LogP contribution < -0.4 is 5.32 Å². The van der Waals surface area contributed by atoms with Crippen LogP contribution in [0.1, 0.15) is 37.4 Å². The predicted molar refractivity (Wildman–Crippen MR) is 72.2 cm³/mol. The fourth-order valence-electron chi connectivity index (χ4n) is 2.76. The maximum Gasteiger partial charge on any atom is 0.131 e. The molecule has 0 radical (unpaired) electrons. The van der Waals surface area contributed by atoms with Gasteiger partial charge in [0, 0.05) is 13.1 Å². The normalized spacial score (nSPS) is 24.6. The Morgan fingerprint density at radius 2 is 1.85 bits per heavy atom. The van der Waals surface area contributed by atoms with E-state index in [0.29, 0.717) is 6.54 Å². The SMILES string of the molecule is OC(CNCC1CCCCC1O)c1c(F)cccc1F. The van der Waals surface area contributed by atoms with E-state index < -0.39 is 17.7 Å². The summed E-state index contributed by atoms with van der Waals surface area (Å²) in [6.45, 7) is 0.620. The fraction of sp³-hybridized carbons (Fsp3) is 0.600. The maximum absolute atomic E-state index is 13.5. The lowest BCUT2D eigenvalue weighted by atomic mass is 9.86. The largest absolute Gasteiger partial charge is 0.393 e. The number of hydrogen-bond donors (Lipinski definition) is 3. The monoisotopic (exact) mass is 285 g/mol. The molecule has 2 rings (SSSR count). The van der Waals surface area contributed by atoms with Gasteiger partial charge in [0.2, 0.25) is 0 Å². The molecule has 0 amide bonds. The Balaban J connectivity index is 1.84. The number of rotatable bonds is 5. The molecule has 1 aromatic carbocycles. The third kappa shape index (κ3) is 3.75. The molecule has 1 fully saturated rings. The molecular formula is C15H21F2NO2. The fourth-order valence-corrected chi connectivity index (χ4v) is 2.76. The van der Waals surface area contributed by atoms with E-state index in [9.17, 15) is 19.0 Å². The van der Waals surface area contributed by atoms with Crippen LogP contribution in [0.4, 0.5) is 8.78 Å². The highest BCUT2D eigenvalue weighted by molar-refractivity contribution is 5.22. The van der Waals surface area contributed by atoms with Crippen LogP contribution in [-0.2, 0) is 0 Å². The molecule has 20 heavy (non-hydrogen) atoms. The summed E-state index contributed by atoms with van der Waals surface area (Å²) in [5.74, 6) is -1.32. The van der Waals surface area contributed by atoms with E-state index in [4.69, 9.17) is 0 Å². The van der Waals surface area contributed by atoms with Crippen LogP contribution in [0.25, 0.3) is 0 Å². The van der Waals surface area contributed by atoms with Crippen LogP contribution in [0.3, 0.4) is 0 Å². The van der Waals surface area contributed by atoms with E-state index in [1.165, 1.54) is 6.07 Å². The van der Waals surface area contributed by atoms with Gasteiger partial charge in [0.05, 0.1) is 17.8 Å². The minimum absolute atomic E-state index is 0.0705. The molecule has 0 aliphatic heterocycles. The maximum atomic E-state index is 13.5. The van der Waals surface area contributed by atoms with Crippen molar-refractivity contribution >= 4 is 0 Å². The second kappa shape index (κ2) is 7.11. The Morgan fingerprint density at radius 1 is 1.20 bits per heavy atom. The van der Waals surface area contributed by atoms with Crippen molar-refractivity contribution in [3.63, 3.8) is 0 Å². The number of aliphatic hydroxyl groups excluding tert-OH is 2. The van der Waals surface area contributed by atoms with E-state index in [1.807, 2.05) is 0 Å². The van der Waals surface area contributed by atoms with Crippen LogP contribution in [-0.4, -0.2) is 29.4 Å². The van der Waals surface area contributed by atoms with Gasteiger partial charge in [0.25, 0.3) is 0 Å². The smallest absolute Gasteiger partial charge is 0.131 e. The Hall–Kier alpha value is -1.04. The average molecular weight is 285 g/mol. The highest BCUT2D eigenvalue weighted by atomic mass is 19.1. The predicted octanol–water partition coefficient (Wildman–Crippen LogP) is 2.14. The number of halogens is 2. The standard InChI is InChI=1S/C15H21F2NO2/c16-11-5-3-6-12(17)15(11)14(20)9-18-8-10-4-1-2-7-13(10)19/h3,5-6,10,13-14,18-20H,1-2,4,7-9H2. The molecule has 3 unspecified atom stereocenters. The number of nitrogens with one attached hydrogen (secondary N) is 1. The third-order valence-electron chi connectivity index (χ3n) is 3.95. The molecule has 3 atom stereocenters. The molecule has 0 heterocycles. The Labute approximate surface area is 117 Å². The molecule has 3 N–H and O–H groups in total. The summed E-state index contributed by atoms with van der Waals surface area (Å²) in [6.07, 6.45) is 2.33. The zero-order valence-electron chi connectivity index (χ0n) is 11.4. The van der Waals surface area contributed by atoms with Crippen LogP contribution in [0.5, 0.6) is 0 Å². The summed E-state index contributed by atoms with van der Waals surface area (Å²) in [7, 11) is 0. The van der Waals surface area contributed by atoms with Crippen molar-refractivity contribution in [1.82, 2.24) is 5.32 Å². The molecule has 1 aliphatic rings. The summed E-state index contributed by atoms with van der Waals surface area (Å²) in [4.78, 5) is 0. The van der Waals surface area contributed by atoms with Crippen molar-refractivity contribution in [2.75, 3.05) is 13.1 Å². The van der Waals surface area contributed by atoms with Crippen molar-refractivity contribution in [3.8, 4) is 0 Å². The molecule has 1 aromatic rings. The second-order valence-corrected chi connectivity index (χ2v) is 5.42. The zero-order chi connectivity index (χ0) is 14.5. The van der Waals surface area contributed by atoms with Gasteiger partial charge in [-0.2, -0.15) is 0 Å². The van der Waals surface area contributed by atoms with Gasteiger partial charge < -0.3 is 15.5 Å². The van der Waals surface area contributed by atoms with E-state index in [0.717, 1.165) is 37.8 Å². The van der Waals surface area contributed by atoms with Gasteiger partial charge >= 0.3 is 0 Å². The molecule has 0 bridgehead atoms. The first kappa shape index (κ1) is 15.4. The van der Waals surface area contributed by atoms with Crippen LogP contribution >= 0.6 is 0 Å². The summed E-state index contributed by atoms with van der Waals surface area (Å²) >= 11 is 0. The molecule has 5 heteroatoms. The van der Waals surface area contributed by atoms with Crippen LogP contribution in [0, 0.1) is 17.6 Å². The first-order chi connectivity index (χ1) is 9.59. The van der Waals surface area contributed by atoms with Gasteiger partial charge in [-0.05, 0) is 30.9 Å². The molecule has 0 aromatic heterocycles. The molecule has 1 aliphatic carbocycles. The lowest BCUT2D eigenvalue weighted by Gasteiger charge is -2.28. The van der Waals surface area contributed by atoms with E-state index in [-0.39, 0.29) is 24.1 Å². The highest BCUT2D eigenvalue weighted by Gasteiger charge is 2.23. The minimum atomic E-state index is -1.23. The molecule has 112 valence electrons. The first-order valence-electron chi connectivity index (χ1n) is 7.10. The van der Waals surface area contributed by atoms with Gasteiger partial charge in [-0.3, -0.25) is 0 Å². The summed E-state index contributed by atoms with van der Waals surface area (Å²) in [6, 6.07) is 3.53. The molecule has 1 saturated carbocycles. The number of benzene rings is 1. The van der Waals surface area contributed by atoms with Gasteiger partial charge in [-0.15, -0.1) is 0 Å². The summed E-state index contributed by atoms with van der Waals surface area (Å²) in [5, 5.41) is 22.7. The molecule has 0 spiro atoms. The summed E-state index contributed by atoms with van der Waals surface area (Å²) < 4.78 is 27.0. The Kier molecular flexibility index (Phi) is 5.46. The quantitative estimate of drug-likeness (QED) is 0.777. The van der Waals surface area contributed by atoms with E-state index >= 15 is 0 Å². The van der Waals surface area contributed by atoms with Gasteiger partial charge in [0.15, 0.2) is 0 Å². The van der Waals surface area contributed by atoms with Crippen molar-refractivity contribution in [1.29, 1.82) is 0 Å². The molecule has 0 saturated heterocycles. The van der Waals surface area contributed by atoms with Gasteiger partial charge in [0.1, 0.15) is 11.6 Å². The molecular weight excluding hydrogens is 264 g/mol. The van der Waals surface area contributed by atoms with E-state index in [1.54, 1.807) is 0 Å². The van der Waals surface area contributed by atoms with Crippen LogP contribution in [0.2, 0.25) is 0 Å². The first-order valence-corrected chi connectivity index (χ1v) is 7.10. The van der Waals surface area contributed by atoms with Crippen molar-refractivity contribution in [2.45, 2.75) is 37.9 Å². The van der Waals surface area contributed by atoms with Gasteiger partial charge in [-0.25, -0.2) is 8.78 Å². The Morgan fingerprint density at radius 3 is 2.50 bits per heavy atom. The summed E-state index contributed by atoms with van der Waals surface area (Å²) in [5.41, 5.74) is -0.302. The van der Waals surface area contributed by atoms with E-state index in [2.05, 4.69) is 5.32 Å². The topological polar surface area (TPSA) is 52.5 Å². The van der Waals surface area contributed by atoms with Crippen LogP contribution in [0.15, 0.2) is 18.2 Å². The average Bonchev–Trinajstić information content (AvgIpc) is 2.41. The molecule has 3 nitrogen and oxygen atoms in total. The third-order valence-corrected chi connectivity index (χ3v) is 3.95. The lowest BCUT2D eigenvalue weighted by Crippen LogP contribution is -2.35. The zero-order valence-corrected chi connectivity index (χ0v) is 11.4. The number of aliphatic hydroxyl groups is 2.